The average molecular weight is 661 g/mol. The maximum atomic E-state index is 15.0. The molecule has 46 heavy (non-hydrogen) atoms. The Bertz CT molecular complexity index is 1470. The van der Waals surface area contributed by atoms with Gasteiger partial charge in [-0.15, -0.1) is 0 Å². The summed E-state index contributed by atoms with van der Waals surface area (Å²) in [6, 6.07) is 4.76. The highest BCUT2D eigenvalue weighted by atomic mass is 19.4. The zero-order valence-electron chi connectivity index (χ0n) is 25.1. The Morgan fingerprint density at radius 1 is 0.717 bits per heavy atom. The van der Waals surface area contributed by atoms with Crippen molar-refractivity contribution in [1.82, 2.24) is 0 Å². The van der Waals surface area contributed by atoms with Crippen molar-refractivity contribution in [3.8, 4) is 16.9 Å². The molecule has 0 heterocycles. The van der Waals surface area contributed by atoms with Crippen LogP contribution >= 0.6 is 0 Å². The number of rotatable bonds is 12. The summed E-state index contributed by atoms with van der Waals surface area (Å²) >= 11 is 0. The standard InChI is InChI=1S/C35H34F10O/c1-2-3-4-5-6-7-21-8-10-22(11-9-21)23-12-13-27(30(38)16-23)35(44,45)46-25-19-31(39)33(32(40)20-25)24-17-28(36)26(29(37)18-24)14-15-34(41,42)43/h12-22H,2-11H2,1H3/b15-14+. The predicted molar refractivity (Wildman–Crippen MR) is 156 cm³/mol. The minimum Gasteiger partial charge on any atom is -0.429 e. The Labute approximate surface area is 261 Å². The monoisotopic (exact) mass is 660 g/mol. The highest BCUT2D eigenvalue weighted by molar-refractivity contribution is 5.68. The Morgan fingerprint density at radius 2 is 1.33 bits per heavy atom. The zero-order chi connectivity index (χ0) is 33.6. The molecule has 0 saturated heterocycles. The lowest BCUT2D eigenvalue weighted by Crippen LogP contribution is -2.24. The van der Waals surface area contributed by atoms with Crippen molar-refractivity contribution < 1.29 is 48.6 Å². The molecule has 0 aliphatic heterocycles. The molecule has 1 saturated carbocycles. The lowest BCUT2D eigenvalue weighted by atomic mass is 9.77. The molecule has 0 spiro atoms. The van der Waals surface area contributed by atoms with E-state index in [9.17, 15) is 35.1 Å². The van der Waals surface area contributed by atoms with E-state index in [-0.39, 0.29) is 12.0 Å². The van der Waals surface area contributed by atoms with Crippen LogP contribution in [0.4, 0.5) is 43.9 Å². The third-order valence-electron chi connectivity index (χ3n) is 8.41. The zero-order valence-corrected chi connectivity index (χ0v) is 25.1. The molecule has 0 unspecified atom stereocenters. The van der Waals surface area contributed by atoms with Crippen LogP contribution in [0, 0.1) is 35.0 Å². The van der Waals surface area contributed by atoms with Crippen molar-refractivity contribution >= 4 is 6.08 Å². The number of hydrogen-bond acceptors (Lipinski definition) is 1. The number of benzene rings is 3. The van der Waals surface area contributed by atoms with Crippen molar-refractivity contribution in [2.24, 2.45) is 5.92 Å². The van der Waals surface area contributed by atoms with E-state index >= 15 is 8.78 Å². The molecule has 0 bridgehead atoms. The number of alkyl halides is 5. The summed E-state index contributed by atoms with van der Waals surface area (Å²) in [4.78, 5) is 0. The van der Waals surface area contributed by atoms with Crippen LogP contribution in [-0.4, -0.2) is 6.18 Å². The molecule has 1 aliphatic carbocycles. The molecule has 0 amide bonds. The number of ether oxygens (including phenoxy) is 1. The molecule has 1 nitrogen and oxygen atoms in total. The molecular weight excluding hydrogens is 626 g/mol. The first-order chi connectivity index (χ1) is 21.7. The molecule has 0 aromatic heterocycles. The smallest absolute Gasteiger partial charge is 0.429 e. The van der Waals surface area contributed by atoms with Gasteiger partial charge in [0.05, 0.1) is 11.1 Å². The topological polar surface area (TPSA) is 9.23 Å². The van der Waals surface area contributed by atoms with Crippen LogP contribution < -0.4 is 4.74 Å². The second-order valence-corrected chi connectivity index (χ2v) is 11.8. The highest BCUT2D eigenvalue weighted by Gasteiger charge is 2.39. The first-order valence-corrected chi connectivity index (χ1v) is 15.3. The van der Waals surface area contributed by atoms with Crippen molar-refractivity contribution in [2.75, 3.05) is 0 Å². The fourth-order valence-corrected chi connectivity index (χ4v) is 6.00. The van der Waals surface area contributed by atoms with Crippen LogP contribution in [0.3, 0.4) is 0 Å². The summed E-state index contributed by atoms with van der Waals surface area (Å²) in [6.45, 7) is 2.17. The van der Waals surface area contributed by atoms with Gasteiger partial charge < -0.3 is 4.74 Å². The molecule has 250 valence electrons. The van der Waals surface area contributed by atoms with Crippen LogP contribution in [0.5, 0.6) is 5.75 Å². The molecule has 3 aromatic rings. The van der Waals surface area contributed by atoms with E-state index in [1.165, 1.54) is 38.2 Å². The van der Waals surface area contributed by atoms with Gasteiger partial charge in [0, 0.05) is 23.8 Å². The Kier molecular flexibility index (Phi) is 11.5. The fourth-order valence-electron chi connectivity index (χ4n) is 6.00. The van der Waals surface area contributed by atoms with Gasteiger partial charge in [-0.25, -0.2) is 22.0 Å². The van der Waals surface area contributed by atoms with Gasteiger partial charge in [-0.1, -0.05) is 51.5 Å². The van der Waals surface area contributed by atoms with Crippen LogP contribution in [0.25, 0.3) is 17.2 Å². The summed E-state index contributed by atoms with van der Waals surface area (Å²) in [5, 5.41) is 0. The summed E-state index contributed by atoms with van der Waals surface area (Å²) in [6.07, 6.45) is 1.27. The minimum atomic E-state index is -4.87. The molecule has 3 aromatic carbocycles. The van der Waals surface area contributed by atoms with Crippen molar-refractivity contribution in [3.05, 3.63) is 94.3 Å². The molecule has 11 heteroatoms. The number of unbranched alkanes of at least 4 members (excludes halogenated alkanes) is 4. The molecular formula is C35H34F10O. The van der Waals surface area contributed by atoms with Gasteiger partial charge in [0.25, 0.3) is 0 Å². The second kappa shape index (κ2) is 14.9. The SMILES string of the molecule is CCCCCCCC1CCC(c2ccc(C(F)(F)Oc3cc(F)c(-c4cc(F)c(/C=C/C(F)(F)F)c(F)c4)c(F)c3)c(F)c2)CC1. The maximum absolute atomic E-state index is 15.0. The molecule has 0 N–H and O–H groups in total. The Morgan fingerprint density at radius 3 is 1.89 bits per heavy atom. The Hall–Kier alpha value is -3.50. The lowest BCUT2D eigenvalue weighted by molar-refractivity contribution is -0.187. The normalized spacial score (nSPS) is 17.5. The second-order valence-electron chi connectivity index (χ2n) is 11.8. The largest absolute Gasteiger partial charge is 0.429 e. The summed E-state index contributed by atoms with van der Waals surface area (Å²) in [5.41, 5.74) is -3.44. The van der Waals surface area contributed by atoms with Crippen LogP contribution in [0.15, 0.2) is 48.5 Å². The highest BCUT2D eigenvalue weighted by Crippen LogP contribution is 2.41. The quantitative estimate of drug-likeness (QED) is 0.139. The first kappa shape index (κ1) is 35.4. The van der Waals surface area contributed by atoms with Crippen LogP contribution in [0.2, 0.25) is 0 Å². The van der Waals surface area contributed by atoms with Gasteiger partial charge in [0.15, 0.2) is 0 Å². The van der Waals surface area contributed by atoms with E-state index in [0.29, 0.717) is 35.7 Å². The van der Waals surface area contributed by atoms with Gasteiger partial charge in [-0.05, 0) is 79.0 Å². The van der Waals surface area contributed by atoms with E-state index in [1.54, 1.807) is 0 Å². The average Bonchev–Trinajstić information content (AvgIpc) is 2.95. The van der Waals surface area contributed by atoms with E-state index in [2.05, 4.69) is 11.7 Å². The minimum absolute atomic E-state index is 0.0227. The van der Waals surface area contributed by atoms with E-state index in [0.717, 1.165) is 44.2 Å². The van der Waals surface area contributed by atoms with Crippen molar-refractivity contribution in [3.63, 3.8) is 0 Å². The Balaban J connectivity index is 1.44. The van der Waals surface area contributed by atoms with Gasteiger partial charge in [-0.2, -0.15) is 22.0 Å². The van der Waals surface area contributed by atoms with Gasteiger partial charge in [0.2, 0.25) is 0 Å². The van der Waals surface area contributed by atoms with Crippen LogP contribution in [-0.2, 0) is 6.11 Å². The summed E-state index contributed by atoms with van der Waals surface area (Å²) in [7, 11) is 0. The van der Waals surface area contributed by atoms with Gasteiger partial charge in [-0.3, -0.25) is 0 Å². The van der Waals surface area contributed by atoms with Crippen molar-refractivity contribution in [2.45, 2.75) is 89.3 Å². The summed E-state index contributed by atoms with van der Waals surface area (Å²) in [5.74, 6) is -7.88. The molecule has 0 atom stereocenters. The number of allylic oxidation sites excluding steroid dienone is 1. The van der Waals surface area contributed by atoms with Crippen molar-refractivity contribution in [1.29, 1.82) is 0 Å². The van der Waals surface area contributed by atoms with Gasteiger partial charge in [0.1, 0.15) is 34.8 Å². The fraction of sp³-hybridized carbons (Fsp3) is 0.429. The lowest BCUT2D eigenvalue weighted by Gasteiger charge is -2.29. The maximum Gasteiger partial charge on any atom is 0.429 e. The van der Waals surface area contributed by atoms with Gasteiger partial charge >= 0.3 is 12.3 Å². The molecule has 0 radical (unpaired) electrons. The molecule has 4 rings (SSSR count). The van der Waals surface area contributed by atoms with E-state index in [4.69, 9.17) is 0 Å². The molecule has 1 fully saturated rings. The summed E-state index contributed by atoms with van der Waals surface area (Å²) < 4.78 is 145. The number of hydrogen-bond donors (Lipinski definition) is 0. The number of halogens is 10. The van der Waals surface area contributed by atoms with Crippen LogP contribution in [0.1, 0.15) is 93.7 Å². The third kappa shape index (κ3) is 9.06. The first-order valence-electron chi connectivity index (χ1n) is 15.3. The van der Waals surface area contributed by atoms with E-state index < -0.39 is 75.5 Å². The molecule has 1 aliphatic rings. The van der Waals surface area contributed by atoms with E-state index in [1.807, 2.05) is 0 Å². The predicted octanol–water partition coefficient (Wildman–Crippen LogP) is 12.4. The third-order valence-corrected chi connectivity index (χ3v) is 8.41.